The highest BCUT2D eigenvalue weighted by Crippen LogP contribution is 2.10. The van der Waals surface area contributed by atoms with E-state index in [-0.39, 0.29) is 11.6 Å². The van der Waals surface area contributed by atoms with E-state index in [1.54, 1.807) is 13.8 Å². The van der Waals surface area contributed by atoms with Gasteiger partial charge in [-0.05, 0) is 12.8 Å². The Bertz CT molecular complexity index is 413. The van der Waals surface area contributed by atoms with Gasteiger partial charge in [0.25, 0.3) is 5.91 Å². The molecular weight excluding hydrogens is 224 g/mol. The number of hydrogen-bond donors (Lipinski definition) is 2. The first kappa shape index (κ1) is 13.2. The van der Waals surface area contributed by atoms with E-state index in [2.05, 4.69) is 15.0 Å². The number of carboxylic acid groups (broad SMARTS) is 1. The van der Waals surface area contributed by atoms with Crippen molar-refractivity contribution in [2.45, 2.75) is 33.2 Å². The van der Waals surface area contributed by atoms with E-state index in [1.807, 2.05) is 6.92 Å². The van der Waals surface area contributed by atoms with Crippen LogP contribution in [0, 0.1) is 12.8 Å². The fourth-order valence-electron chi connectivity index (χ4n) is 1.40. The second-order valence-electron chi connectivity index (χ2n) is 4.02. The van der Waals surface area contributed by atoms with Crippen LogP contribution in [0.5, 0.6) is 0 Å². The highest BCUT2D eigenvalue weighted by atomic mass is 16.5. The number of carboxylic acids is 1. The molecule has 0 aliphatic heterocycles. The van der Waals surface area contributed by atoms with Crippen LogP contribution in [0.2, 0.25) is 0 Å². The van der Waals surface area contributed by atoms with Crippen LogP contribution in [0.1, 0.15) is 36.3 Å². The van der Waals surface area contributed by atoms with Crippen molar-refractivity contribution in [1.82, 2.24) is 10.5 Å². The molecule has 0 unspecified atom stereocenters. The van der Waals surface area contributed by atoms with Crippen molar-refractivity contribution < 1.29 is 19.2 Å². The van der Waals surface area contributed by atoms with Crippen LogP contribution in [0.15, 0.2) is 10.8 Å². The number of hydrogen-bond acceptors (Lipinski definition) is 4. The molecule has 0 bridgehead atoms. The number of nitrogens with one attached hydrogen (secondary N) is 1. The van der Waals surface area contributed by atoms with Gasteiger partial charge in [0.15, 0.2) is 5.69 Å². The Morgan fingerprint density at radius 2 is 2.24 bits per heavy atom. The molecule has 0 spiro atoms. The molecule has 0 saturated heterocycles. The quantitative estimate of drug-likeness (QED) is 0.807. The molecule has 1 heterocycles. The minimum absolute atomic E-state index is 0.125. The first-order valence-electron chi connectivity index (χ1n) is 5.42. The summed E-state index contributed by atoms with van der Waals surface area (Å²) in [5, 5.41) is 15.0. The molecule has 6 nitrogen and oxygen atoms in total. The van der Waals surface area contributed by atoms with E-state index >= 15 is 0 Å². The Morgan fingerprint density at radius 3 is 2.65 bits per heavy atom. The highest BCUT2D eigenvalue weighted by molar-refractivity contribution is 5.95. The van der Waals surface area contributed by atoms with Gasteiger partial charge in [-0.25, -0.2) is 4.79 Å². The molecule has 1 amide bonds. The van der Waals surface area contributed by atoms with Gasteiger partial charge in [-0.1, -0.05) is 25.4 Å². The summed E-state index contributed by atoms with van der Waals surface area (Å²) in [5.74, 6) is -1.72. The maximum atomic E-state index is 11.8. The van der Waals surface area contributed by atoms with Crippen molar-refractivity contribution in [3.8, 4) is 0 Å². The monoisotopic (exact) mass is 240 g/mol. The lowest BCUT2D eigenvalue weighted by molar-refractivity contribution is -0.140. The van der Waals surface area contributed by atoms with Crippen molar-refractivity contribution in [1.29, 1.82) is 0 Å². The van der Waals surface area contributed by atoms with E-state index in [0.29, 0.717) is 12.0 Å². The van der Waals surface area contributed by atoms with Crippen molar-refractivity contribution in [3.63, 3.8) is 0 Å². The van der Waals surface area contributed by atoms with Gasteiger partial charge in [0.2, 0.25) is 0 Å². The summed E-state index contributed by atoms with van der Waals surface area (Å²) in [7, 11) is 0. The minimum Gasteiger partial charge on any atom is -0.480 e. The maximum absolute atomic E-state index is 11.8. The lowest BCUT2D eigenvalue weighted by Gasteiger charge is -2.19. The molecule has 0 saturated carbocycles. The molecule has 6 heteroatoms. The third-order valence-electron chi connectivity index (χ3n) is 2.73. The lowest BCUT2D eigenvalue weighted by atomic mass is 9.99. The molecule has 2 atom stereocenters. The first-order chi connectivity index (χ1) is 7.97. The van der Waals surface area contributed by atoms with Crippen molar-refractivity contribution >= 4 is 11.9 Å². The third kappa shape index (κ3) is 3.05. The first-order valence-corrected chi connectivity index (χ1v) is 5.42. The fraction of sp³-hybridized carbons (Fsp3) is 0.545. The zero-order valence-corrected chi connectivity index (χ0v) is 10.1. The molecule has 0 aliphatic rings. The molecule has 1 rings (SSSR count). The summed E-state index contributed by atoms with van der Waals surface area (Å²) < 4.78 is 4.64. The average Bonchev–Trinajstić information content (AvgIpc) is 2.70. The molecule has 0 aromatic carbocycles. The molecule has 0 fully saturated rings. The van der Waals surface area contributed by atoms with E-state index < -0.39 is 17.9 Å². The summed E-state index contributed by atoms with van der Waals surface area (Å²) in [6.45, 7) is 5.31. The number of aliphatic carboxylic acids is 1. The van der Waals surface area contributed by atoms with Crippen molar-refractivity contribution in [2.24, 2.45) is 5.92 Å². The standard InChI is InChI=1S/C11H16N2O4/c1-4-6(2)9(11(15)16)12-10(14)8-7(3)5-17-13-8/h5-6,9H,4H2,1-3H3,(H,12,14)(H,15,16)/t6-,9-/m0/s1. The van der Waals surface area contributed by atoms with Crippen molar-refractivity contribution in [2.75, 3.05) is 0 Å². The van der Waals surface area contributed by atoms with Crippen LogP contribution in [-0.4, -0.2) is 28.2 Å². The summed E-state index contributed by atoms with van der Waals surface area (Å²) in [4.78, 5) is 22.8. The van der Waals surface area contributed by atoms with Gasteiger partial charge in [0, 0.05) is 5.56 Å². The Labute approximate surface area is 99.0 Å². The molecule has 2 N–H and O–H groups in total. The van der Waals surface area contributed by atoms with Crippen LogP contribution >= 0.6 is 0 Å². The largest absolute Gasteiger partial charge is 0.480 e. The number of carbonyl (C=O) groups excluding carboxylic acids is 1. The van der Waals surface area contributed by atoms with Crippen LogP contribution in [0.25, 0.3) is 0 Å². The number of aryl methyl sites for hydroxylation is 1. The fourth-order valence-corrected chi connectivity index (χ4v) is 1.40. The third-order valence-corrected chi connectivity index (χ3v) is 2.73. The second kappa shape index (κ2) is 5.47. The Balaban J connectivity index is 2.78. The van der Waals surface area contributed by atoms with E-state index in [4.69, 9.17) is 5.11 Å². The molecule has 1 aromatic rings. The van der Waals surface area contributed by atoms with E-state index in [9.17, 15) is 9.59 Å². The van der Waals surface area contributed by atoms with Gasteiger partial charge in [-0.3, -0.25) is 4.79 Å². The number of rotatable bonds is 5. The van der Waals surface area contributed by atoms with Gasteiger partial charge >= 0.3 is 5.97 Å². The molecule has 0 radical (unpaired) electrons. The predicted molar refractivity (Wildman–Crippen MR) is 59.6 cm³/mol. The average molecular weight is 240 g/mol. The van der Waals surface area contributed by atoms with Crippen LogP contribution in [-0.2, 0) is 4.79 Å². The number of amides is 1. The smallest absolute Gasteiger partial charge is 0.326 e. The SMILES string of the molecule is CC[C@H](C)[C@H](NC(=O)c1nocc1C)C(=O)O. The van der Waals surface area contributed by atoms with Gasteiger partial charge in [-0.15, -0.1) is 0 Å². The van der Waals surface area contributed by atoms with Crippen LogP contribution < -0.4 is 5.32 Å². The normalized spacial score (nSPS) is 14.1. The van der Waals surface area contributed by atoms with Gasteiger partial charge in [0.05, 0.1) is 0 Å². The maximum Gasteiger partial charge on any atom is 0.326 e. The summed E-state index contributed by atoms with van der Waals surface area (Å²) in [6, 6.07) is -0.913. The molecule has 0 aliphatic carbocycles. The van der Waals surface area contributed by atoms with Gasteiger partial charge in [0.1, 0.15) is 12.3 Å². The second-order valence-corrected chi connectivity index (χ2v) is 4.02. The highest BCUT2D eigenvalue weighted by Gasteiger charge is 2.27. The van der Waals surface area contributed by atoms with Crippen LogP contribution in [0.3, 0.4) is 0 Å². The number of nitrogens with zero attached hydrogens (tertiary/aromatic N) is 1. The lowest BCUT2D eigenvalue weighted by Crippen LogP contribution is -2.45. The Morgan fingerprint density at radius 1 is 1.59 bits per heavy atom. The molecule has 94 valence electrons. The molecular formula is C11H16N2O4. The molecule has 1 aromatic heterocycles. The van der Waals surface area contributed by atoms with Gasteiger partial charge < -0.3 is 14.9 Å². The molecule has 17 heavy (non-hydrogen) atoms. The Kier molecular flexibility index (Phi) is 4.25. The summed E-state index contributed by atoms with van der Waals surface area (Å²) >= 11 is 0. The van der Waals surface area contributed by atoms with E-state index in [1.165, 1.54) is 6.26 Å². The zero-order valence-electron chi connectivity index (χ0n) is 10.1. The summed E-state index contributed by atoms with van der Waals surface area (Å²) in [6.07, 6.45) is 2.00. The number of aromatic nitrogens is 1. The van der Waals surface area contributed by atoms with Crippen LogP contribution in [0.4, 0.5) is 0 Å². The topological polar surface area (TPSA) is 92.4 Å². The zero-order chi connectivity index (χ0) is 13.0. The Hall–Kier alpha value is -1.85. The van der Waals surface area contributed by atoms with E-state index in [0.717, 1.165) is 0 Å². The van der Waals surface area contributed by atoms with Gasteiger partial charge in [-0.2, -0.15) is 0 Å². The predicted octanol–water partition coefficient (Wildman–Crippen LogP) is 1.21. The number of carbonyl (C=O) groups is 2. The summed E-state index contributed by atoms with van der Waals surface area (Å²) in [5.41, 5.74) is 0.704. The minimum atomic E-state index is -1.05. The van der Waals surface area contributed by atoms with Crippen molar-refractivity contribution in [3.05, 3.63) is 17.5 Å².